The van der Waals surface area contributed by atoms with E-state index >= 15 is 0 Å². The number of amides is 3. The zero-order chi connectivity index (χ0) is 21.6. The first-order valence-corrected chi connectivity index (χ1v) is 11.5. The lowest BCUT2D eigenvalue weighted by molar-refractivity contribution is -0.141. The molecule has 166 valence electrons. The second-order valence-electron chi connectivity index (χ2n) is 9.37. The van der Waals surface area contributed by atoms with Gasteiger partial charge in [0, 0.05) is 25.6 Å². The van der Waals surface area contributed by atoms with Gasteiger partial charge < -0.3 is 20.4 Å². The number of carbonyl (C=O) groups excluding carboxylic acids is 2. The Bertz CT molecular complexity index is 698. The minimum Gasteiger partial charge on any atom is -0.337 e. The highest BCUT2D eigenvalue weighted by Gasteiger charge is 2.47. The number of nitrogens with one attached hydrogen (secondary N) is 2. The van der Waals surface area contributed by atoms with Crippen molar-refractivity contribution in [1.82, 2.24) is 20.4 Å². The summed E-state index contributed by atoms with van der Waals surface area (Å²) in [6, 6.07) is 10.2. The van der Waals surface area contributed by atoms with E-state index in [1.165, 1.54) is 5.56 Å². The van der Waals surface area contributed by atoms with Gasteiger partial charge in [0.1, 0.15) is 0 Å². The molecule has 30 heavy (non-hydrogen) atoms. The number of benzene rings is 1. The highest BCUT2D eigenvalue weighted by molar-refractivity contribution is 5.77. The van der Waals surface area contributed by atoms with Gasteiger partial charge in [0.25, 0.3) is 0 Å². The highest BCUT2D eigenvalue weighted by Crippen LogP contribution is 2.44. The summed E-state index contributed by atoms with van der Waals surface area (Å²) in [6.45, 7) is 7.35. The van der Waals surface area contributed by atoms with Crippen molar-refractivity contribution in [3.63, 3.8) is 0 Å². The van der Waals surface area contributed by atoms with Crippen LogP contribution in [0.2, 0.25) is 0 Å². The molecule has 6 nitrogen and oxygen atoms in total. The molecular formula is C24H38N4O2. The van der Waals surface area contributed by atoms with Crippen LogP contribution in [0.4, 0.5) is 4.79 Å². The Kier molecular flexibility index (Phi) is 7.75. The minimum absolute atomic E-state index is 0.0705. The summed E-state index contributed by atoms with van der Waals surface area (Å²) >= 11 is 0. The van der Waals surface area contributed by atoms with Gasteiger partial charge in [-0.2, -0.15) is 0 Å². The average Bonchev–Trinajstić information content (AvgIpc) is 2.73. The third kappa shape index (κ3) is 5.75. The van der Waals surface area contributed by atoms with Crippen LogP contribution in [0, 0.1) is 5.41 Å². The van der Waals surface area contributed by atoms with Gasteiger partial charge in [0.05, 0.1) is 6.04 Å². The maximum atomic E-state index is 13.3. The summed E-state index contributed by atoms with van der Waals surface area (Å²) in [6.07, 6.45) is 5.65. The molecule has 1 aromatic carbocycles. The molecule has 1 aromatic rings. The smallest absolute Gasteiger partial charge is 0.315 e. The number of hydrogen-bond donors (Lipinski definition) is 2. The van der Waals surface area contributed by atoms with Crippen LogP contribution in [0.25, 0.3) is 0 Å². The van der Waals surface area contributed by atoms with Crippen molar-refractivity contribution in [1.29, 1.82) is 0 Å². The molecule has 1 atom stereocenters. The van der Waals surface area contributed by atoms with Crippen molar-refractivity contribution < 1.29 is 9.59 Å². The SMILES string of the molecule is CC(C)NC(=O)NC[C@H]1N(C(=O)CCc2ccccc2)CCCC12CCN(C)CC2. The molecule has 0 aliphatic carbocycles. The van der Waals surface area contributed by atoms with Gasteiger partial charge in [-0.3, -0.25) is 4.79 Å². The van der Waals surface area contributed by atoms with Crippen molar-refractivity contribution in [2.75, 3.05) is 33.2 Å². The van der Waals surface area contributed by atoms with Crippen LogP contribution < -0.4 is 10.6 Å². The molecule has 6 heteroatoms. The number of likely N-dealkylation sites (tertiary alicyclic amines) is 2. The van der Waals surface area contributed by atoms with Gasteiger partial charge in [-0.1, -0.05) is 30.3 Å². The van der Waals surface area contributed by atoms with Crippen LogP contribution >= 0.6 is 0 Å². The molecule has 2 saturated heterocycles. The molecule has 3 rings (SSSR count). The van der Waals surface area contributed by atoms with E-state index in [2.05, 4.69) is 39.6 Å². The Morgan fingerprint density at radius 3 is 2.47 bits per heavy atom. The molecule has 2 heterocycles. The van der Waals surface area contributed by atoms with Crippen LogP contribution in [0.1, 0.15) is 51.5 Å². The van der Waals surface area contributed by atoms with E-state index in [1.807, 2.05) is 32.0 Å². The Balaban J connectivity index is 1.71. The van der Waals surface area contributed by atoms with E-state index in [4.69, 9.17) is 0 Å². The Labute approximate surface area is 181 Å². The summed E-state index contributed by atoms with van der Waals surface area (Å²) in [5.41, 5.74) is 1.31. The van der Waals surface area contributed by atoms with Crippen LogP contribution in [0.5, 0.6) is 0 Å². The highest BCUT2D eigenvalue weighted by atomic mass is 16.2. The lowest BCUT2D eigenvalue weighted by atomic mass is 9.66. The van der Waals surface area contributed by atoms with Crippen molar-refractivity contribution >= 4 is 11.9 Å². The predicted molar refractivity (Wildman–Crippen MR) is 120 cm³/mol. The predicted octanol–water partition coefficient (Wildman–Crippen LogP) is 3.03. The normalized spacial score (nSPS) is 21.6. The third-order valence-electron chi connectivity index (χ3n) is 6.81. The summed E-state index contributed by atoms with van der Waals surface area (Å²) in [7, 11) is 2.17. The maximum absolute atomic E-state index is 13.3. The van der Waals surface area contributed by atoms with Crippen LogP contribution in [-0.4, -0.2) is 67.0 Å². The Morgan fingerprint density at radius 2 is 1.80 bits per heavy atom. The summed E-state index contributed by atoms with van der Waals surface area (Å²) < 4.78 is 0. The molecule has 2 aliphatic rings. The molecule has 0 unspecified atom stereocenters. The second-order valence-corrected chi connectivity index (χ2v) is 9.37. The summed E-state index contributed by atoms with van der Waals surface area (Å²) in [5, 5.41) is 5.98. The van der Waals surface area contributed by atoms with E-state index in [-0.39, 0.29) is 29.4 Å². The first-order chi connectivity index (χ1) is 14.4. The first kappa shape index (κ1) is 22.6. The second kappa shape index (κ2) is 10.3. The number of aryl methyl sites for hydroxylation is 1. The molecule has 3 amide bonds. The Morgan fingerprint density at radius 1 is 1.10 bits per heavy atom. The third-order valence-corrected chi connectivity index (χ3v) is 6.81. The van der Waals surface area contributed by atoms with E-state index in [0.717, 1.165) is 51.7 Å². The van der Waals surface area contributed by atoms with Crippen LogP contribution in [0.15, 0.2) is 30.3 Å². The molecule has 0 aromatic heterocycles. The van der Waals surface area contributed by atoms with Crippen molar-refractivity contribution in [3.8, 4) is 0 Å². The van der Waals surface area contributed by atoms with Gasteiger partial charge in [0.15, 0.2) is 0 Å². The fraction of sp³-hybridized carbons (Fsp3) is 0.667. The fourth-order valence-corrected chi connectivity index (χ4v) is 5.07. The van der Waals surface area contributed by atoms with E-state index in [9.17, 15) is 9.59 Å². The van der Waals surface area contributed by atoms with E-state index in [1.54, 1.807) is 0 Å². The monoisotopic (exact) mass is 414 g/mol. The molecule has 2 aliphatic heterocycles. The number of rotatable bonds is 6. The number of piperidine rings is 2. The first-order valence-electron chi connectivity index (χ1n) is 11.5. The standard InChI is InChI=1S/C24H38N4O2/c1-19(2)26-23(30)25-18-21-24(13-16-27(3)17-14-24)12-7-15-28(21)22(29)11-10-20-8-5-4-6-9-20/h4-6,8-9,19,21H,7,10-18H2,1-3H3,(H2,25,26,30)/t21-/m1/s1. The number of urea groups is 1. The molecule has 0 saturated carbocycles. The summed E-state index contributed by atoms with van der Waals surface area (Å²) in [4.78, 5) is 30.0. The van der Waals surface area contributed by atoms with E-state index in [0.29, 0.717) is 13.0 Å². The zero-order valence-electron chi connectivity index (χ0n) is 18.8. The molecule has 2 fully saturated rings. The molecule has 0 radical (unpaired) electrons. The van der Waals surface area contributed by atoms with Crippen molar-refractivity contribution in [2.24, 2.45) is 5.41 Å². The average molecular weight is 415 g/mol. The minimum atomic E-state index is -0.143. The van der Waals surface area contributed by atoms with Gasteiger partial charge in [-0.15, -0.1) is 0 Å². The number of carbonyl (C=O) groups is 2. The quantitative estimate of drug-likeness (QED) is 0.752. The van der Waals surface area contributed by atoms with Crippen molar-refractivity contribution in [3.05, 3.63) is 35.9 Å². The summed E-state index contributed by atoms with van der Waals surface area (Å²) in [5.74, 6) is 0.216. The van der Waals surface area contributed by atoms with Crippen LogP contribution in [-0.2, 0) is 11.2 Å². The number of hydrogen-bond acceptors (Lipinski definition) is 3. The largest absolute Gasteiger partial charge is 0.337 e. The maximum Gasteiger partial charge on any atom is 0.315 e. The van der Waals surface area contributed by atoms with Gasteiger partial charge in [-0.05, 0) is 77.1 Å². The lowest BCUT2D eigenvalue weighted by Crippen LogP contribution is -2.61. The molecular weight excluding hydrogens is 376 g/mol. The molecule has 2 N–H and O–H groups in total. The van der Waals surface area contributed by atoms with Gasteiger partial charge >= 0.3 is 6.03 Å². The lowest BCUT2D eigenvalue weighted by Gasteiger charge is -2.53. The van der Waals surface area contributed by atoms with Gasteiger partial charge in [-0.25, -0.2) is 4.79 Å². The molecule has 1 spiro atoms. The topological polar surface area (TPSA) is 64.7 Å². The Hall–Kier alpha value is -2.08. The van der Waals surface area contributed by atoms with Gasteiger partial charge in [0.2, 0.25) is 5.91 Å². The zero-order valence-corrected chi connectivity index (χ0v) is 18.8. The fourth-order valence-electron chi connectivity index (χ4n) is 5.07. The molecule has 0 bridgehead atoms. The van der Waals surface area contributed by atoms with Crippen molar-refractivity contribution in [2.45, 2.75) is 64.5 Å². The number of nitrogens with zero attached hydrogens (tertiary/aromatic N) is 2. The van der Waals surface area contributed by atoms with Crippen LogP contribution in [0.3, 0.4) is 0 Å². The van der Waals surface area contributed by atoms with E-state index < -0.39 is 0 Å².